The highest BCUT2D eigenvalue weighted by atomic mass is 32.3. The molecule has 0 spiro atoms. The minimum atomic E-state index is -4.23. The number of sulfonamides is 1. The predicted octanol–water partition coefficient (Wildman–Crippen LogP) is 1.75. The van der Waals surface area contributed by atoms with Gasteiger partial charge in [0.15, 0.2) is 40.4 Å². The first kappa shape index (κ1) is 59.5. The number of thiophene rings is 1. The molecule has 0 radical (unpaired) electrons. The van der Waals surface area contributed by atoms with Gasteiger partial charge in [-0.3, -0.25) is 9.59 Å². The molecule has 0 aliphatic carbocycles. The number of hydrogen-bond acceptors (Lipinski definition) is 25. The van der Waals surface area contributed by atoms with Crippen LogP contribution >= 0.6 is 23.1 Å². The van der Waals surface area contributed by atoms with E-state index in [1.807, 2.05) is 25.7 Å². The van der Waals surface area contributed by atoms with Crippen LogP contribution < -0.4 is 20.1 Å². The molecule has 72 heavy (non-hydrogen) atoms. The number of nitrogens with zero attached hydrogens (tertiary/aromatic N) is 4. The number of rotatable bonds is 24. The van der Waals surface area contributed by atoms with Crippen LogP contribution in [0.5, 0.6) is 5.88 Å². The van der Waals surface area contributed by atoms with Crippen LogP contribution in [0.3, 0.4) is 0 Å². The first-order valence-corrected chi connectivity index (χ1v) is 27.6. The number of fused-ring (bicyclic) bond motifs is 1. The van der Waals surface area contributed by atoms with Gasteiger partial charge < -0.3 is 53.0 Å². The number of hydrogen-bond donors (Lipinski definition) is 2. The summed E-state index contributed by atoms with van der Waals surface area (Å²) < 4.78 is 101. The zero-order valence-electron chi connectivity index (χ0n) is 41.7. The number of esters is 6. The van der Waals surface area contributed by atoms with Crippen LogP contribution in [0, 0.1) is 0 Å². The van der Waals surface area contributed by atoms with Crippen molar-refractivity contribution in [1.82, 2.24) is 19.0 Å². The Morgan fingerprint density at radius 3 is 1.86 bits per heavy atom. The summed E-state index contributed by atoms with van der Waals surface area (Å²) >= 11 is 1.50. The van der Waals surface area contributed by atoms with E-state index in [2.05, 4.69) is 14.1 Å². The number of primary sulfonamides is 1. The molecule has 8 atom stereocenters. The quantitative estimate of drug-likeness (QED) is 0.112. The van der Waals surface area contributed by atoms with Crippen LogP contribution in [0.2, 0.25) is 0 Å². The van der Waals surface area contributed by atoms with Gasteiger partial charge in [-0.2, -0.15) is 4.37 Å². The lowest BCUT2D eigenvalue weighted by atomic mass is 10.0. The number of ether oxygens (including phenoxy) is 8. The molecule has 1 saturated heterocycles. The maximum Gasteiger partial charge on any atom is 0.347 e. The van der Waals surface area contributed by atoms with Gasteiger partial charge in [-0.1, -0.05) is 0 Å². The third kappa shape index (κ3) is 16.7. The van der Waals surface area contributed by atoms with Gasteiger partial charge in [-0.05, 0) is 88.1 Å². The Labute approximate surface area is 426 Å². The van der Waals surface area contributed by atoms with E-state index < -0.39 is 109 Å². The lowest BCUT2D eigenvalue weighted by Crippen LogP contribution is -2.45. The van der Waals surface area contributed by atoms with E-state index in [-0.39, 0.29) is 70.8 Å². The molecule has 3 N–H and O–H groups in total. The lowest BCUT2D eigenvalue weighted by molar-refractivity contribution is -0.187. The Morgan fingerprint density at radius 2 is 1.36 bits per heavy atom. The Bertz CT molecular complexity index is 2490. The number of carbonyl (C=O) groups excluding carboxylic acids is 7. The Morgan fingerprint density at radius 1 is 0.847 bits per heavy atom. The number of anilines is 1. The summed E-state index contributed by atoms with van der Waals surface area (Å²) in [4.78, 5) is 93.6. The van der Waals surface area contributed by atoms with Gasteiger partial charge in [-0.15, -0.1) is 15.7 Å². The van der Waals surface area contributed by atoms with Gasteiger partial charge in [0.25, 0.3) is 5.88 Å². The van der Waals surface area contributed by atoms with Gasteiger partial charge in [0.2, 0.25) is 21.7 Å². The van der Waals surface area contributed by atoms with E-state index in [1.165, 1.54) is 38.7 Å². The summed E-state index contributed by atoms with van der Waals surface area (Å²) in [5.74, 6) is -6.09. The maximum absolute atomic E-state index is 13.4. The van der Waals surface area contributed by atoms with E-state index in [4.69, 9.17) is 43.0 Å². The number of nitrogens with one attached hydrogen (secondary N) is 1. The van der Waals surface area contributed by atoms with Crippen molar-refractivity contribution in [1.29, 1.82) is 0 Å². The van der Waals surface area contributed by atoms with Gasteiger partial charge in [-0.25, -0.2) is 45.9 Å². The van der Waals surface area contributed by atoms with Crippen molar-refractivity contribution >= 4 is 90.5 Å². The third-order valence-corrected chi connectivity index (χ3v) is 16.8. The highest BCUT2D eigenvalue weighted by Crippen LogP contribution is 2.45. The number of morpholine rings is 1. The molecule has 6 unspecified atom stereocenters. The summed E-state index contributed by atoms with van der Waals surface area (Å²) in [6.07, 6.45) is -9.18. The first-order chi connectivity index (χ1) is 33.5. The van der Waals surface area contributed by atoms with E-state index >= 15 is 0 Å². The molecule has 2 aliphatic heterocycles. The monoisotopic (exact) mass is 1100 g/mol. The standard InChI is InChI=1S/C43H64N6O19S4/c1-11-49(31-19-23(2)71(57,58)42-30(31)20-34(69-42)72(44,59)60)32(50)13-12-14-33(51)63-24(3)37(52)64-25(4)38(53)65-26(5)39(54)66-27(6)40(55)67-28(7)41(56)68-29(21-45-43(8,9)10)22-62-36-35(46-70-47-36)48-15-17-61-18-16-48/h20,23-29,31,45H,11-19,21-22H2,1-10H3,(H2,44,59,60)/t23-,24?,25?,26?,27?,28?,29?,31-/m1/s1. The Hall–Kier alpha value is -5.07. The van der Waals surface area contributed by atoms with Crippen LogP contribution in [0.4, 0.5) is 5.82 Å². The van der Waals surface area contributed by atoms with Crippen molar-refractivity contribution in [3.05, 3.63) is 11.6 Å². The number of sulfone groups is 1. The molecular formula is C43H64N6O19S4. The van der Waals surface area contributed by atoms with Crippen LogP contribution in [0.15, 0.2) is 14.5 Å². The second kappa shape index (κ2) is 25.7. The number of nitrogens with two attached hydrogens (primary N) is 1. The molecule has 0 aromatic carbocycles. The fourth-order valence-electron chi connectivity index (χ4n) is 6.90. The van der Waals surface area contributed by atoms with E-state index in [1.54, 1.807) is 6.92 Å². The topological polar surface area (TPSA) is 332 Å². The molecule has 0 saturated carbocycles. The van der Waals surface area contributed by atoms with Gasteiger partial charge in [0.1, 0.15) is 21.1 Å². The highest BCUT2D eigenvalue weighted by Gasteiger charge is 2.43. The highest BCUT2D eigenvalue weighted by molar-refractivity contribution is 7.95. The molecule has 1 fully saturated rings. The molecule has 404 valence electrons. The first-order valence-electron chi connectivity index (χ1n) is 23.0. The van der Waals surface area contributed by atoms with Gasteiger partial charge in [0.05, 0.1) is 36.2 Å². The van der Waals surface area contributed by atoms with Crippen LogP contribution in [0.1, 0.15) is 107 Å². The SMILES string of the molecule is CCN(C(=O)CCCC(=O)OC(C)C(=O)OC(C)C(=O)OC(C)C(=O)OC(C)C(=O)OC(C)C(=O)OC(CNC(C)(C)C)COc1nsnc1N1CCOCC1)[C@@H]1C[C@@H](C)S(=O)(=O)c2sc(S(N)(=O)=O)cc21. The minimum Gasteiger partial charge on any atom is -0.470 e. The number of aromatic nitrogens is 2. The minimum absolute atomic E-state index is 0.00387. The summed E-state index contributed by atoms with van der Waals surface area (Å²) in [6.45, 7) is 17.2. The second-order valence-corrected chi connectivity index (χ2v) is 23.9. The number of amides is 1. The lowest BCUT2D eigenvalue weighted by Gasteiger charge is -2.36. The second-order valence-electron chi connectivity index (χ2n) is 17.9. The molecular weight excluding hydrogens is 1030 g/mol. The van der Waals surface area contributed by atoms with E-state index in [9.17, 15) is 50.4 Å². The molecule has 1 amide bonds. The molecule has 4 rings (SSSR count). The predicted molar refractivity (Wildman–Crippen MR) is 255 cm³/mol. The molecule has 2 aromatic heterocycles. The zero-order chi connectivity index (χ0) is 53.9. The van der Waals surface area contributed by atoms with Crippen molar-refractivity contribution in [2.45, 2.75) is 157 Å². The molecule has 2 aromatic rings. The summed E-state index contributed by atoms with van der Waals surface area (Å²) in [5.41, 5.74) is -0.208. The van der Waals surface area contributed by atoms with Crippen molar-refractivity contribution in [2.75, 3.05) is 50.9 Å². The molecule has 2 aliphatic rings. The van der Waals surface area contributed by atoms with Crippen molar-refractivity contribution < 1.29 is 88.3 Å². The summed E-state index contributed by atoms with van der Waals surface area (Å²) in [7, 11) is -8.10. The van der Waals surface area contributed by atoms with Crippen LogP contribution in [-0.4, -0.2) is 166 Å². The average Bonchev–Trinajstić information content (AvgIpc) is 3.98. The van der Waals surface area contributed by atoms with Crippen molar-refractivity contribution in [3.8, 4) is 5.88 Å². The smallest absolute Gasteiger partial charge is 0.347 e. The van der Waals surface area contributed by atoms with Crippen molar-refractivity contribution in [2.24, 2.45) is 5.14 Å². The van der Waals surface area contributed by atoms with E-state index in [0.29, 0.717) is 43.5 Å². The van der Waals surface area contributed by atoms with Gasteiger partial charge in [0, 0.05) is 50.1 Å². The summed E-state index contributed by atoms with van der Waals surface area (Å²) in [6, 6.07) is 0.399. The normalized spacial score (nSPS) is 19.2. The number of carbonyl (C=O) groups is 7. The molecule has 4 heterocycles. The zero-order valence-corrected chi connectivity index (χ0v) is 45.0. The average molecular weight is 1100 g/mol. The fourth-order valence-corrected chi connectivity index (χ4v) is 11.8. The van der Waals surface area contributed by atoms with Gasteiger partial charge >= 0.3 is 35.8 Å². The molecule has 25 nitrogen and oxygen atoms in total. The third-order valence-electron chi connectivity index (χ3n) is 10.9. The Kier molecular flexibility index (Phi) is 21.3. The van der Waals surface area contributed by atoms with Crippen LogP contribution in [0.25, 0.3) is 0 Å². The fraction of sp³-hybridized carbons (Fsp3) is 0.698. The molecule has 29 heteroatoms. The largest absolute Gasteiger partial charge is 0.470 e. The Balaban J connectivity index is 1.19. The van der Waals surface area contributed by atoms with E-state index in [0.717, 1.165) is 25.6 Å². The maximum atomic E-state index is 13.4. The summed E-state index contributed by atoms with van der Waals surface area (Å²) in [5, 5.41) is 7.58. The van der Waals surface area contributed by atoms with Crippen molar-refractivity contribution in [3.63, 3.8) is 0 Å². The van der Waals surface area contributed by atoms with Crippen LogP contribution in [-0.2, 0) is 86.6 Å². The molecule has 0 bridgehead atoms.